The molecule has 7 heteroatoms. The molecule has 1 heterocycles. The first-order chi connectivity index (χ1) is 9.06. The lowest BCUT2D eigenvalue weighted by molar-refractivity contribution is -0.384. The molecule has 0 fully saturated rings. The van der Waals surface area contributed by atoms with Crippen molar-refractivity contribution in [2.45, 2.75) is 0 Å². The summed E-state index contributed by atoms with van der Waals surface area (Å²) in [5, 5.41) is 19.3. The number of carbonyl (C=O) groups is 1. The number of aromatic carboxylic acids is 1. The monoisotopic (exact) mass is 260 g/mol. The molecule has 2 aromatic rings. The van der Waals surface area contributed by atoms with E-state index in [1.54, 1.807) is 0 Å². The number of rotatable bonds is 4. The van der Waals surface area contributed by atoms with Crippen LogP contribution in [-0.2, 0) is 0 Å². The average molecular weight is 260 g/mol. The van der Waals surface area contributed by atoms with E-state index < -0.39 is 10.9 Å². The molecular weight excluding hydrogens is 252 g/mol. The number of aromatic nitrogens is 1. The van der Waals surface area contributed by atoms with E-state index in [-0.39, 0.29) is 17.1 Å². The zero-order chi connectivity index (χ0) is 13.8. The van der Waals surface area contributed by atoms with Crippen molar-refractivity contribution in [3.05, 3.63) is 58.3 Å². The van der Waals surface area contributed by atoms with Crippen molar-refractivity contribution < 1.29 is 19.6 Å². The van der Waals surface area contributed by atoms with Gasteiger partial charge in [-0.25, -0.2) is 9.78 Å². The van der Waals surface area contributed by atoms with E-state index in [2.05, 4.69) is 4.98 Å². The second-order valence-corrected chi connectivity index (χ2v) is 3.54. The molecule has 19 heavy (non-hydrogen) atoms. The summed E-state index contributed by atoms with van der Waals surface area (Å²) >= 11 is 0. The lowest BCUT2D eigenvalue weighted by atomic mass is 10.3. The summed E-state index contributed by atoms with van der Waals surface area (Å²) in [5.41, 5.74) is -0.00786. The molecule has 1 N–H and O–H groups in total. The highest BCUT2D eigenvalue weighted by Crippen LogP contribution is 2.22. The van der Waals surface area contributed by atoms with Gasteiger partial charge in [-0.2, -0.15) is 0 Å². The van der Waals surface area contributed by atoms with E-state index in [1.165, 1.54) is 42.6 Å². The fourth-order valence-electron chi connectivity index (χ4n) is 1.35. The maximum atomic E-state index is 10.8. The molecular formula is C12H8N2O5. The number of carboxylic acid groups (broad SMARTS) is 1. The number of non-ortho nitro benzene ring substituents is 1. The second-order valence-electron chi connectivity index (χ2n) is 3.54. The van der Waals surface area contributed by atoms with Gasteiger partial charge < -0.3 is 9.84 Å². The Morgan fingerprint density at radius 2 is 1.95 bits per heavy atom. The Kier molecular flexibility index (Phi) is 3.37. The first-order valence-electron chi connectivity index (χ1n) is 5.18. The predicted molar refractivity (Wildman–Crippen MR) is 64.4 cm³/mol. The van der Waals surface area contributed by atoms with Crippen molar-refractivity contribution in [3.63, 3.8) is 0 Å². The Hall–Kier alpha value is -2.96. The smallest absolute Gasteiger partial charge is 0.335 e. The van der Waals surface area contributed by atoms with Crippen molar-refractivity contribution in [2.24, 2.45) is 0 Å². The van der Waals surface area contributed by atoms with Crippen LogP contribution >= 0.6 is 0 Å². The molecule has 96 valence electrons. The van der Waals surface area contributed by atoms with Gasteiger partial charge in [0.05, 0.1) is 10.5 Å². The Morgan fingerprint density at radius 3 is 2.53 bits per heavy atom. The van der Waals surface area contributed by atoms with Gasteiger partial charge in [0, 0.05) is 24.4 Å². The Morgan fingerprint density at radius 1 is 1.26 bits per heavy atom. The first-order valence-corrected chi connectivity index (χ1v) is 5.18. The van der Waals surface area contributed by atoms with Crippen LogP contribution in [0.1, 0.15) is 10.4 Å². The zero-order valence-corrected chi connectivity index (χ0v) is 9.52. The van der Waals surface area contributed by atoms with Crippen LogP contribution in [0.25, 0.3) is 0 Å². The van der Waals surface area contributed by atoms with Gasteiger partial charge in [0.25, 0.3) is 5.69 Å². The SMILES string of the molecule is O=C(O)c1ccnc(Oc2ccc([N+](=O)[O-])cc2)c1. The Balaban J connectivity index is 2.19. The van der Waals surface area contributed by atoms with Crippen LogP contribution < -0.4 is 4.74 Å². The van der Waals surface area contributed by atoms with Crippen LogP contribution in [0.4, 0.5) is 5.69 Å². The molecule has 1 aromatic heterocycles. The minimum Gasteiger partial charge on any atom is -0.478 e. The van der Waals surface area contributed by atoms with Gasteiger partial charge in [0.2, 0.25) is 5.88 Å². The third-order valence-electron chi connectivity index (χ3n) is 2.25. The lowest BCUT2D eigenvalue weighted by Crippen LogP contribution is -1.97. The summed E-state index contributed by atoms with van der Waals surface area (Å²) in [6, 6.07) is 8.00. The number of nitrogens with zero attached hydrogens (tertiary/aromatic N) is 2. The minimum atomic E-state index is -1.09. The lowest BCUT2D eigenvalue weighted by Gasteiger charge is -2.04. The summed E-state index contributed by atoms with van der Waals surface area (Å²) in [4.78, 5) is 24.6. The van der Waals surface area contributed by atoms with E-state index in [0.717, 1.165) is 0 Å². The molecule has 0 radical (unpaired) electrons. The largest absolute Gasteiger partial charge is 0.478 e. The third kappa shape index (κ3) is 3.03. The summed E-state index contributed by atoms with van der Waals surface area (Å²) in [6.45, 7) is 0. The highest BCUT2D eigenvalue weighted by atomic mass is 16.6. The topological polar surface area (TPSA) is 103 Å². The summed E-state index contributed by atoms with van der Waals surface area (Å²) in [6.07, 6.45) is 1.31. The van der Waals surface area contributed by atoms with Crippen molar-refractivity contribution >= 4 is 11.7 Å². The van der Waals surface area contributed by atoms with Crippen LogP contribution in [0, 0.1) is 10.1 Å². The molecule has 1 aromatic carbocycles. The molecule has 0 amide bonds. The zero-order valence-electron chi connectivity index (χ0n) is 9.52. The molecule has 0 spiro atoms. The second kappa shape index (κ2) is 5.13. The number of nitro benzene ring substituents is 1. The van der Waals surface area contributed by atoms with E-state index >= 15 is 0 Å². The fourth-order valence-corrected chi connectivity index (χ4v) is 1.35. The van der Waals surface area contributed by atoms with Crippen molar-refractivity contribution in [2.75, 3.05) is 0 Å². The van der Waals surface area contributed by atoms with Gasteiger partial charge in [-0.15, -0.1) is 0 Å². The van der Waals surface area contributed by atoms with E-state index in [4.69, 9.17) is 9.84 Å². The number of ether oxygens (including phenoxy) is 1. The third-order valence-corrected chi connectivity index (χ3v) is 2.25. The molecule has 0 bridgehead atoms. The van der Waals surface area contributed by atoms with Gasteiger partial charge >= 0.3 is 5.97 Å². The molecule has 0 aliphatic carbocycles. The van der Waals surface area contributed by atoms with Gasteiger partial charge in [0.1, 0.15) is 5.75 Å². The van der Waals surface area contributed by atoms with E-state index in [1.807, 2.05) is 0 Å². The Labute approximate surface area is 107 Å². The van der Waals surface area contributed by atoms with Gasteiger partial charge in [-0.3, -0.25) is 10.1 Å². The van der Waals surface area contributed by atoms with Crippen LogP contribution in [-0.4, -0.2) is 21.0 Å². The predicted octanol–water partition coefficient (Wildman–Crippen LogP) is 2.48. The summed E-state index contributed by atoms with van der Waals surface area (Å²) in [7, 11) is 0. The van der Waals surface area contributed by atoms with Gasteiger partial charge in [0.15, 0.2) is 0 Å². The molecule has 0 aliphatic heterocycles. The number of nitro groups is 1. The van der Waals surface area contributed by atoms with Crippen molar-refractivity contribution in [3.8, 4) is 11.6 Å². The molecule has 0 saturated carbocycles. The number of carboxylic acids is 1. The quantitative estimate of drug-likeness (QED) is 0.669. The number of hydrogen-bond donors (Lipinski definition) is 1. The highest BCUT2D eigenvalue weighted by Gasteiger charge is 2.08. The van der Waals surface area contributed by atoms with Crippen LogP contribution in [0.5, 0.6) is 11.6 Å². The van der Waals surface area contributed by atoms with E-state index in [0.29, 0.717) is 5.75 Å². The van der Waals surface area contributed by atoms with Crippen molar-refractivity contribution in [1.82, 2.24) is 4.98 Å². The maximum absolute atomic E-state index is 10.8. The molecule has 0 unspecified atom stereocenters. The normalized spacial score (nSPS) is 9.89. The average Bonchev–Trinajstić information content (AvgIpc) is 2.39. The van der Waals surface area contributed by atoms with Crippen LogP contribution in [0.15, 0.2) is 42.6 Å². The molecule has 2 rings (SSSR count). The van der Waals surface area contributed by atoms with Crippen molar-refractivity contribution in [1.29, 1.82) is 0 Å². The van der Waals surface area contributed by atoms with Crippen LogP contribution in [0.3, 0.4) is 0 Å². The van der Waals surface area contributed by atoms with Crippen LogP contribution in [0.2, 0.25) is 0 Å². The van der Waals surface area contributed by atoms with E-state index in [9.17, 15) is 14.9 Å². The first kappa shape index (κ1) is 12.5. The van der Waals surface area contributed by atoms with Gasteiger partial charge in [-0.05, 0) is 18.2 Å². The molecule has 7 nitrogen and oxygen atoms in total. The fraction of sp³-hybridized carbons (Fsp3) is 0. The summed E-state index contributed by atoms with van der Waals surface area (Å²) < 4.78 is 5.31. The number of pyridine rings is 1. The number of hydrogen-bond acceptors (Lipinski definition) is 5. The minimum absolute atomic E-state index is 0.0481. The maximum Gasteiger partial charge on any atom is 0.335 e. The standard InChI is InChI=1S/C12H8N2O5/c15-12(16)8-5-6-13-11(7-8)19-10-3-1-9(2-4-10)14(17)18/h1-7H,(H,15,16). The van der Waals surface area contributed by atoms with Gasteiger partial charge in [-0.1, -0.05) is 0 Å². The highest BCUT2D eigenvalue weighted by molar-refractivity contribution is 5.87. The Bertz CT molecular complexity index is 624. The molecule has 0 saturated heterocycles. The molecule has 0 atom stereocenters. The number of benzene rings is 1. The summed E-state index contributed by atoms with van der Waals surface area (Å²) in [5.74, 6) is -0.648. The molecule has 0 aliphatic rings.